The lowest BCUT2D eigenvalue weighted by Gasteiger charge is -2.02. The molecule has 0 saturated carbocycles. The number of benzene rings is 2. The van der Waals surface area contributed by atoms with Gasteiger partial charge in [0, 0.05) is 22.9 Å². The fourth-order valence-electron chi connectivity index (χ4n) is 2.16. The van der Waals surface area contributed by atoms with Gasteiger partial charge in [-0.05, 0) is 17.7 Å². The van der Waals surface area contributed by atoms with Crippen molar-refractivity contribution in [2.75, 3.05) is 0 Å². The van der Waals surface area contributed by atoms with Crippen LogP contribution in [0.25, 0.3) is 10.9 Å². The van der Waals surface area contributed by atoms with Crippen molar-refractivity contribution in [2.24, 2.45) is 15.9 Å². The Bertz CT molecular complexity index is 894. The van der Waals surface area contributed by atoms with Gasteiger partial charge in [-0.1, -0.05) is 54.2 Å². The fraction of sp³-hybridized carbons (Fsp3) is 0.0556. The van der Waals surface area contributed by atoms with Crippen LogP contribution in [0.2, 0.25) is 0 Å². The Hall–Kier alpha value is -2.86. The predicted molar refractivity (Wildman–Crippen MR) is 100 cm³/mol. The van der Waals surface area contributed by atoms with Gasteiger partial charge in [-0.3, -0.25) is 4.98 Å². The second-order valence-electron chi connectivity index (χ2n) is 5.04. The normalized spacial score (nSPS) is 12.1. The molecule has 0 amide bonds. The first-order chi connectivity index (χ1) is 11.7. The van der Waals surface area contributed by atoms with Crippen LogP contribution in [-0.4, -0.2) is 21.5 Å². The molecular formula is C18H16N4OS. The number of pyridine rings is 1. The Balaban J connectivity index is 1.68. The van der Waals surface area contributed by atoms with Crippen molar-refractivity contribution in [3.8, 4) is 5.75 Å². The zero-order chi connectivity index (χ0) is 16.8. The van der Waals surface area contributed by atoms with Gasteiger partial charge >= 0.3 is 0 Å². The van der Waals surface area contributed by atoms with Crippen LogP contribution in [0.5, 0.6) is 5.75 Å². The number of aromatic nitrogens is 1. The van der Waals surface area contributed by atoms with Gasteiger partial charge in [0.25, 0.3) is 0 Å². The van der Waals surface area contributed by atoms with Gasteiger partial charge in [0.2, 0.25) is 0 Å². The average molecular weight is 336 g/mol. The predicted octanol–water partition coefficient (Wildman–Crippen LogP) is 3.52. The van der Waals surface area contributed by atoms with E-state index in [1.54, 1.807) is 12.3 Å². The zero-order valence-electron chi connectivity index (χ0n) is 12.8. The van der Waals surface area contributed by atoms with Gasteiger partial charge in [-0.25, -0.2) is 0 Å². The number of amidine groups is 1. The summed E-state index contributed by atoms with van der Waals surface area (Å²) < 4.78 is 0. The maximum absolute atomic E-state index is 10.2. The van der Waals surface area contributed by atoms with Crippen LogP contribution in [0, 0.1) is 0 Å². The third-order valence-corrected chi connectivity index (χ3v) is 4.22. The van der Waals surface area contributed by atoms with Crippen molar-refractivity contribution in [1.82, 2.24) is 4.98 Å². The third-order valence-electron chi connectivity index (χ3n) is 3.36. The summed E-state index contributed by atoms with van der Waals surface area (Å²) in [6.45, 7) is 0. The SMILES string of the molecule is NC(=NN=Cc1ccc2cccnc2c1O)SCc1ccccc1. The highest BCUT2D eigenvalue weighted by Gasteiger charge is 2.05. The largest absolute Gasteiger partial charge is 0.505 e. The van der Waals surface area contributed by atoms with E-state index in [2.05, 4.69) is 15.2 Å². The number of hydrogen-bond donors (Lipinski definition) is 2. The second-order valence-corrected chi connectivity index (χ2v) is 6.03. The standard InChI is InChI=1S/C18H16N4OS/c19-18(24-12-13-5-2-1-3-6-13)22-21-11-15-9-8-14-7-4-10-20-16(14)17(15)23/h1-11,23H,12H2,(H2,19,22). The molecule has 120 valence electrons. The topological polar surface area (TPSA) is 83.9 Å². The van der Waals surface area contributed by atoms with E-state index in [0.717, 1.165) is 11.1 Å². The van der Waals surface area contributed by atoms with E-state index in [1.807, 2.05) is 48.5 Å². The molecule has 0 atom stereocenters. The van der Waals surface area contributed by atoms with Crippen molar-refractivity contribution in [1.29, 1.82) is 0 Å². The maximum atomic E-state index is 10.2. The molecule has 3 N–H and O–H groups in total. The van der Waals surface area contributed by atoms with Gasteiger partial charge in [-0.15, -0.1) is 5.10 Å². The van der Waals surface area contributed by atoms with E-state index >= 15 is 0 Å². The number of phenolic OH excluding ortho intramolecular Hbond substituents is 1. The lowest BCUT2D eigenvalue weighted by molar-refractivity contribution is 0.479. The lowest BCUT2D eigenvalue weighted by Crippen LogP contribution is -2.06. The number of fused-ring (bicyclic) bond motifs is 1. The van der Waals surface area contributed by atoms with Crippen LogP contribution in [0.1, 0.15) is 11.1 Å². The molecule has 0 radical (unpaired) electrons. The Labute approximate surface area is 144 Å². The molecule has 0 fully saturated rings. The highest BCUT2D eigenvalue weighted by atomic mass is 32.2. The van der Waals surface area contributed by atoms with E-state index in [1.165, 1.54) is 23.5 Å². The summed E-state index contributed by atoms with van der Waals surface area (Å²) >= 11 is 1.41. The molecule has 3 rings (SSSR count). The molecule has 0 saturated heterocycles. The van der Waals surface area contributed by atoms with Crippen LogP contribution in [0.15, 0.2) is 71.0 Å². The molecule has 5 nitrogen and oxygen atoms in total. The second kappa shape index (κ2) is 7.61. The number of aromatic hydroxyl groups is 1. The first-order valence-corrected chi connectivity index (χ1v) is 8.32. The minimum Gasteiger partial charge on any atom is -0.505 e. The molecule has 24 heavy (non-hydrogen) atoms. The summed E-state index contributed by atoms with van der Waals surface area (Å²) in [5.41, 5.74) is 8.09. The third kappa shape index (κ3) is 3.91. The van der Waals surface area contributed by atoms with Gasteiger partial charge < -0.3 is 10.8 Å². The van der Waals surface area contributed by atoms with Crippen molar-refractivity contribution in [3.63, 3.8) is 0 Å². The van der Waals surface area contributed by atoms with E-state index in [0.29, 0.717) is 16.2 Å². The minimum atomic E-state index is 0.0857. The molecule has 0 aliphatic heterocycles. The van der Waals surface area contributed by atoms with Crippen LogP contribution in [0.4, 0.5) is 0 Å². The summed E-state index contributed by atoms with van der Waals surface area (Å²) in [6.07, 6.45) is 3.11. The number of rotatable bonds is 4. The molecular weight excluding hydrogens is 320 g/mol. The highest BCUT2D eigenvalue weighted by Crippen LogP contribution is 2.25. The summed E-state index contributed by atoms with van der Waals surface area (Å²) in [4.78, 5) is 4.17. The zero-order valence-corrected chi connectivity index (χ0v) is 13.6. The molecule has 0 aliphatic carbocycles. The summed E-state index contributed by atoms with van der Waals surface area (Å²) in [7, 11) is 0. The summed E-state index contributed by atoms with van der Waals surface area (Å²) in [5.74, 6) is 0.819. The van der Waals surface area contributed by atoms with E-state index in [-0.39, 0.29) is 5.75 Å². The number of thioether (sulfide) groups is 1. The molecule has 2 aromatic carbocycles. The van der Waals surface area contributed by atoms with Gasteiger partial charge in [0.15, 0.2) is 10.9 Å². The Kier molecular flexibility index (Phi) is 5.08. The molecule has 0 spiro atoms. The van der Waals surface area contributed by atoms with E-state index in [4.69, 9.17) is 5.73 Å². The smallest absolute Gasteiger partial charge is 0.180 e. The van der Waals surface area contributed by atoms with Crippen molar-refractivity contribution in [3.05, 3.63) is 71.9 Å². The monoisotopic (exact) mass is 336 g/mol. The van der Waals surface area contributed by atoms with Crippen LogP contribution >= 0.6 is 11.8 Å². The number of hydrogen-bond acceptors (Lipinski definition) is 5. The van der Waals surface area contributed by atoms with Crippen molar-refractivity contribution < 1.29 is 5.11 Å². The first kappa shape index (κ1) is 16.0. The van der Waals surface area contributed by atoms with Crippen LogP contribution in [0.3, 0.4) is 0 Å². The van der Waals surface area contributed by atoms with Crippen LogP contribution in [-0.2, 0) is 5.75 Å². The van der Waals surface area contributed by atoms with Gasteiger partial charge in [0.1, 0.15) is 5.52 Å². The van der Waals surface area contributed by atoms with E-state index < -0.39 is 0 Å². The number of nitrogens with zero attached hydrogens (tertiary/aromatic N) is 3. The lowest BCUT2D eigenvalue weighted by atomic mass is 10.1. The molecule has 3 aromatic rings. The molecule has 0 unspecified atom stereocenters. The Morgan fingerprint density at radius 1 is 1.12 bits per heavy atom. The van der Waals surface area contributed by atoms with E-state index in [9.17, 15) is 5.11 Å². The highest BCUT2D eigenvalue weighted by molar-refractivity contribution is 8.13. The Morgan fingerprint density at radius 2 is 1.96 bits per heavy atom. The van der Waals surface area contributed by atoms with Crippen molar-refractivity contribution >= 4 is 34.0 Å². The maximum Gasteiger partial charge on any atom is 0.180 e. The number of phenols is 1. The first-order valence-electron chi connectivity index (χ1n) is 7.34. The molecule has 0 aliphatic rings. The molecule has 1 aromatic heterocycles. The minimum absolute atomic E-state index is 0.0857. The average Bonchev–Trinajstić information content (AvgIpc) is 2.63. The van der Waals surface area contributed by atoms with Crippen LogP contribution < -0.4 is 5.73 Å². The molecule has 1 heterocycles. The summed E-state index contributed by atoms with van der Waals surface area (Å²) in [5, 5.41) is 19.4. The molecule has 0 bridgehead atoms. The quantitative estimate of drug-likeness (QED) is 0.434. The van der Waals surface area contributed by atoms with Gasteiger partial charge in [-0.2, -0.15) is 5.10 Å². The van der Waals surface area contributed by atoms with Crippen molar-refractivity contribution in [2.45, 2.75) is 5.75 Å². The number of nitrogens with two attached hydrogens (primary N) is 1. The molecule has 6 heteroatoms. The summed E-state index contributed by atoms with van der Waals surface area (Å²) in [6, 6.07) is 17.4. The Morgan fingerprint density at radius 3 is 2.79 bits per heavy atom. The van der Waals surface area contributed by atoms with Gasteiger partial charge in [0.05, 0.1) is 6.21 Å². The fourth-order valence-corrected chi connectivity index (χ4v) is 2.77.